The number of thiophene rings is 1. The van der Waals surface area contributed by atoms with E-state index in [0.29, 0.717) is 4.88 Å². The van der Waals surface area contributed by atoms with Crippen LogP contribution in [0.5, 0.6) is 0 Å². The lowest BCUT2D eigenvalue weighted by molar-refractivity contribution is 0.103. The Bertz CT molecular complexity index is 956. The topological polar surface area (TPSA) is 46.9 Å². The fourth-order valence-electron chi connectivity index (χ4n) is 2.47. The van der Waals surface area contributed by atoms with Crippen molar-refractivity contribution in [3.8, 4) is 5.69 Å². The first kappa shape index (κ1) is 13.7. The summed E-state index contributed by atoms with van der Waals surface area (Å²) >= 11 is 1.43. The number of fused-ring (bicyclic) bond motifs is 1. The zero-order chi connectivity index (χ0) is 15.6. The van der Waals surface area contributed by atoms with E-state index < -0.39 is 0 Å². The predicted octanol–water partition coefficient (Wildman–Crippen LogP) is 4.34. The number of anilines is 1. The zero-order valence-corrected chi connectivity index (χ0v) is 13.0. The number of amides is 1. The van der Waals surface area contributed by atoms with Crippen molar-refractivity contribution in [2.45, 2.75) is 0 Å². The largest absolute Gasteiger partial charge is 0.321 e. The number of benzene rings is 2. The molecule has 0 atom stereocenters. The average Bonchev–Trinajstić information content (AvgIpc) is 3.25. The van der Waals surface area contributed by atoms with E-state index in [1.54, 1.807) is 0 Å². The lowest BCUT2D eigenvalue weighted by Gasteiger charge is -2.07. The third-order valence-corrected chi connectivity index (χ3v) is 4.47. The highest BCUT2D eigenvalue weighted by Crippen LogP contribution is 2.20. The minimum absolute atomic E-state index is 0.0826. The Morgan fingerprint density at radius 3 is 2.61 bits per heavy atom. The number of para-hydroxylation sites is 2. The van der Waals surface area contributed by atoms with Gasteiger partial charge in [0.2, 0.25) is 0 Å². The first-order valence-electron chi connectivity index (χ1n) is 7.19. The summed E-state index contributed by atoms with van der Waals surface area (Å²) in [7, 11) is 0. The normalized spacial score (nSPS) is 10.8. The van der Waals surface area contributed by atoms with Crippen LogP contribution in [0.4, 0.5) is 5.69 Å². The highest BCUT2D eigenvalue weighted by atomic mass is 32.1. The van der Waals surface area contributed by atoms with Crippen molar-refractivity contribution in [3.05, 3.63) is 77.2 Å². The van der Waals surface area contributed by atoms with Crippen molar-refractivity contribution >= 4 is 34.0 Å². The molecule has 0 aliphatic rings. The molecular weight excluding hydrogens is 306 g/mol. The molecule has 4 rings (SSSR count). The van der Waals surface area contributed by atoms with Crippen LogP contribution >= 0.6 is 11.3 Å². The highest BCUT2D eigenvalue weighted by molar-refractivity contribution is 7.12. The summed E-state index contributed by atoms with van der Waals surface area (Å²) in [5.41, 5.74) is 3.80. The van der Waals surface area contributed by atoms with E-state index in [1.807, 2.05) is 76.9 Å². The van der Waals surface area contributed by atoms with Crippen LogP contribution in [0.15, 0.2) is 72.4 Å². The summed E-state index contributed by atoms with van der Waals surface area (Å²) in [5, 5.41) is 4.79. The molecule has 0 saturated carbocycles. The maximum atomic E-state index is 12.0. The Kier molecular flexibility index (Phi) is 3.40. The molecule has 2 heterocycles. The second-order valence-electron chi connectivity index (χ2n) is 5.08. The van der Waals surface area contributed by atoms with Gasteiger partial charge >= 0.3 is 0 Å². The summed E-state index contributed by atoms with van der Waals surface area (Å²) in [5.74, 6) is -0.0826. The fourth-order valence-corrected chi connectivity index (χ4v) is 3.09. The Morgan fingerprint density at radius 2 is 1.83 bits per heavy atom. The van der Waals surface area contributed by atoms with Gasteiger partial charge < -0.3 is 5.32 Å². The smallest absolute Gasteiger partial charge is 0.265 e. The molecule has 4 aromatic rings. The quantitative estimate of drug-likeness (QED) is 0.610. The van der Waals surface area contributed by atoms with Gasteiger partial charge in [0.05, 0.1) is 15.9 Å². The number of nitrogens with zero attached hydrogens (tertiary/aromatic N) is 2. The van der Waals surface area contributed by atoms with Crippen LogP contribution in [0.2, 0.25) is 0 Å². The van der Waals surface area contributed by atoms with Crippen LogP contribution in [0.1, 0.15) is 9.67 Å². The second-order valence-corrected chi connectivity index (χ2v) is 6.03. The Balaban J connectivity index is 1.60. The van der Waals surface area contributed by atoms with E-state index in [-0.39, 0.29) is 5.91 Å². The van der Waals surface area contributed by atoms with Crippen molar-refractivity contribution in [1.29, 1.82) is 0 Å². The summed E-state index contributed by atoms with van der Waals surface area (Å²) < 4.78 is 2.03. The van der Waals surface area contributed by atoms with Crippen LogP contribution in [-0.2, 0) is 0 Å². The minimum atomic E-state index is -0.0826. The van der Waals surface area contributed by atoms with Gasteiger partial charge in [0, 0.05) is 11.4 Å². The molecule has 0 bridgehead atoms. The minimum Gasteiger partial charge on any atom is -0.321 e. The van der Waals surface area contributed by atoms with Crippen molar-refractivity contribution in [1.82, 2.24) is 9.55 Å². The molecule has 2 aromatic carbocycles. The monoisotopic (exact) mass is 319 g/mol. The number of hydrogen-bond donors (Lipinski definition) is 1. The molecule has 0 saturated heterocycles. The number of carbonyl (C=O) groups excluding carboxylic acids is 1. The molecule has 23 heavy (non-hydrogen) atoms. The van der Waals surface area contributed by atoms with Crippen molar-refractivity contribution in [2.24, 2.45) is 0 Å². The van der Waals surface area contributed by atoms with Crippen LogP contribution in [-0.4, -0.2) is 15.5 Å². The van der Waals surface area contributed by atoms with Gasteiger partial charge in [-0.2, -0.15) is 0 Å². The molecule has 4 nitrogen and oxygen atoms in total. The van der Waals surface area contributed by atoms with Crippen LogP contribution < -0.4 is 5.32 Å². The zero-order valence-electron chi connectivity index (χ0n) is 12.1. The summed E-state index contributed by atoms with van der Waals surface area (Å²) in [4.78, 5) is 17.1. The third-order valence-electron chi connectivity index (χ3n) is 3.60. The number of hydrogen-bond acceptors (Lipinski definition) is 3. The molecule has 1 amide bonds. The Morgan fingerprint density at radius 1 is 1.00 bits per heavy atom. The van der Waals surface area contributed by atoms with E-state index in [1.165, 1.54) is 11.3 Å². The standard InChI is InChI=1S/C18H13N3OS/c22-18(17-6-3-11-23-17)20-13-7-9-14(10-8-13)21-12-19-15-4-1-2-5-16(15)21/h1-12H,(H,20,22). The maximum absolute atomic E-state index is 12.0. The van der Waals surface area contributed by atoms with Gasteiger partial charge in [0.25, 0.3) is 5.91 Å². The number of imidazole rings is 1. The molecule has 0 spiro atoms. The number of aromatic nitrogens is 2. The molecule has 2 aromatic heterocycles. The average molecular weight is 319 g/mol. The van der Waals surface area contributed by atoms with Crippen LogP contribution in [0.25, 0.3) is 16.7 Å². The van der Waals surface area contributed by atoms with E-state index in [2.05, 4.69) is 10.3 Å². The molecule has 5 heteroatoms. The van der Waals surface area contributed by atoms with Crippen LogP contribution in [0, 0.1) is 0 Å². The third kappa shape index (κ3) is 2.62. The second kappa shape index (κ2) is 5.70. The molecule has 0 aliphatic heterocycles. The molecular formula is C18H13N3OS. The van der Waals surface area contributed by atoms with E-state index >= 15 is 0 Å². The molecule has 0 fully saturated rings. The van der Waals surface area contributed by atoms with E-state index in [0.717, 1.165) is 22.4 Å². The SMILES string of the molecule is O=C(Nc1ccc(-n2cnc3ccccc32)cc1)c1cccs1. The highest BCUT2D eigenvalue weighted by Gasteiger charge is 2.07. The Labute approximate surface area is 137 Å². The first-order valence-corrected chi connectivity index (χ1v) is 8.06. The van der Waals surface area contributed by atoms with Gasteiger partial charge in [0.15, 0.2) is 0 Å². The van der Waals surface area contributed by atoms with Gasteiger partial charge in [-0.1, -0.05) is 18.2 Å². The summed E-state index contributed by atoms with van der Waals surface area (Å²) in [6.45, 7) is 0. The molecule has 0 radical (unpaired) electrons. The number of carbonyl (C=O) groups is 1. The van der Waals surface area contributed by atoms with Gasteiger partial charge in [0.1, 0.15) is 6.33 Å². The summed E-state index contributed by atoms with van der Waals surface area (Å²) in [6.07, 6.45) is 1.81. The number of rotatable bonds is 3. The maximum Gasteiger partial charge on any atom is 0.265 e. The number of nitrogens with one attached hydrogen (secondary N) is 1. The lowest BCUT2D eigenvalue weighted by atomic mass is 10.2. The van der Waals surface area contributed by atoms with Crippen molar-refractivity contribution in [3.63, 3.8) is 0 Å². The molecule has 112 valence electrons. The summed E-state index contributed by atoms with van der Waals surface area (Å²) in [6, 6.07) is 19.4. The van der Waals surface area contributed by atoms with E-state index in [9.17, 15) is 4.79 Å². The van der Waals surface area contributed by atoms with Crippen molar-refractivity contribution < 1.29 is 4.79 Å². The van der Waals surface area contributed by atoms with Gasteiger partial charge in [-0.15, -0.1) is 11.3 Å². The predicted molar refractivity (Wildman–Crippen MR) is 93.3 cm³/mol. The fraction of sp³-hybridized carbons (Fsp3) is 0. The van der Waals surface area contributed by atoms with Gasteiger partial charge in [-0.3, -0.25) is 9.36 Å². The Hall–Kier alpha value is -2.92. The molecule has 0 aliphatic carbocycles. The van der Waals surface area contributed by atoms with Crippen LogP contribution in [0.3, 0.4) is 0 Å². The van der Waals surface area contributed by atoms with E-state index in [4.69, 9.17) is 0 Å². The first-order chi connectivity index (χ1) is 11.3. The molecule has 1 N–H and O–H groups in total. The van der Waals surface area contributed by atoms with Gasteiger partial charge in [-0.05, 0) is 47.8 Å². The molecule has 0 unspecified atom stereocenters. The van der Waals surface area contributed by atoms with Gasteiger partial charge in [-0.25, -0.2) is 4.98 Å². The lowest BCUT2D eigenvalue weighted by Crippen LogP contribution is -2.09. The van der Waals surface area contributed by atoms with Crippen molar-refractivity contribution in [2.75, 3.05) is 5.32 Å².